The summed E-state index contributed by atoms with van der Waals surface area (Å²) < 4.78 is 67.7. The average molecular weight is 411 g/mol. The summed E-state index contributed by atoms with van der Waals surface area (Å²) in [4.78, 5) is 3.91. The summed E-state index contributed by atoms with van der Waals surface area (Å²) in [5.74, 6) is -3.11. The van der Waals surface area contributed by atoms with Gasteiger partial charge in [-0.1, -0.05) is 0 Å². The fraction of sp³-hybridized carbons (Fsp3) is 0.400. The third kappa shape index (κ3) is 4.77. The number of nitrogens with zero attached hydrogens (tertiary/aromatic N) is 2. The Kier molecular flexibility index (Phi) is 6.35. The molecule has 1 aromatic carbocycles. The van der Waals surface area contributed by atoms with Gasteiger partial charge in [-0.25, -0.2) is 13.8 Å². The number of hydrogen-bond donors (Lipinski definition) is 0. The Balaban J connectivity index is 0.00000243. The van der Waals surface area contributed by atoms with E-state index < -0.39 is 33.6 Å². The zero-order valence-electron chi connectivity index (χ0n) is 13.7. The molecule has 1 aliphatic heterocycles. The van der Waals surface area contributed by atoms with Gasteiger partial charge in [-0.2, -0.15) is 8.42 Å². The normalized spacial score (nSPS) is 23.0. The second-order valence-electron chi connectivity index (χ2n) is 5.65. The second-order valence-corrected chi connectivity index (χ2v) is 7.30. The highest BCUT2D eigenvalue weighted by Gasteiger charge is 2.45. The van der Waals surface area contributed by atoms with Crippen molar-refractivity contribution in [1.82, 2.24) is 9.55 Å². The fourth-order valence-electron chi connectivity index (χ4n) is 2.57. The monoisotopic (exact) mass is 410 g/mol. The van der Waals surface area contributed by atoms with E-state index in [1.165, 1.54) is 18.6 Å². The highest BCUT2D eigenvalue weighted by Crippen LogP contribution is 2.37. The molecular weight excluding hydrogens is 394 g/mol. The molecule has 1 aliphatic rings. The van der Waals surface area contributed by atoms with Crippen molar-refractivity contribution >= 4 is 22.5 Å². The molecule has 144 valence electrons. The molecule has 26 heavy (non-hydrogen) atoms. The Morgan fingerprint density at radius 2 is 2.19 bits per heavy atom. The van der Waals surface area contributed by atoms with E-state index >= 15 is 0 Å². The molecule has 3 rings (SSSR count). The van der Waals surface area contributed by atoms with Crippen LogP contribution in [0.1, 0.15) is 5.56 Å². The molecule has 2 heterocycles. The van der Waals surface area contributed by atoms with Gasteiger partial charge in [-0.15, -0.1) is 12.4 Å². The van der Waals surface area contributed by atoms with Crippen LogP contribution in [0, 0.1) is 11.6 Å². The van der Waals surface area contributed by atoms with Gasteiger partial charge in [-0.05, 0) is 12.1 Å². The highest BCUT2D eigenvalue weighted by atomic mass is 35.5. The Morgan fingerprint density at radius 1 is 1.42 bits per heavy atom. The summed E-state index contributed by atoms with van der Waals surface area (Å²) in [5, 5.41) is 0. The maximum Gasteiger partial charge on any atom is 0.264 e. The molecule has 2 atom stereocenters. The predicted molar refractivity (Wildman–Crippen MR) is 89.1 cm³/mol. The van der Waals surface area contributed by atoms with Crippen LogP contribution in [0.5, 0.6) is 0 Å². The number of ether oxygens (including phenoxy) is 2. The molecule has 0 N–H and O–H groups in total. The average Bonchev–Trinajstić information content (AvgIpc) is 3.15. The first kappa shape index (κ1) is 20.7. The van der Waals surface area contributed by atoms with Gasteiger partial charge in [0.1, 0.15) is 17.7 Å². The zero-order chi connectivity index (χ0) is 18.1. The number of rotatable bonds is 6. The van der Waals surface area contributed by atoms with Crippen LogP contribution in [0.2, 0.25) is 0 Å². The first-order valence-electron chi connectivity index (χ1n) is 7.35. The van der Waals surface area contributed by atoms with E-state index in [-0.39, 0.29) is 37.7 Å². The van der Waals surface area contributed by atoms with E-state index in [1.807, 2.05) is 0 Å². The van der Waals surface area contributed by atoms with E-state index in [4.69, 9.17) is 13.7 Å². The third-order valence-electron chi connectivity index (χ3n) is 3.62. The Labute approximate surface area is 155 Å². The molecule has 0 bridgehead atoms. The van der Waals surface area contributed by atoms with Gasteiger partial charge in [0.25, 0.3) is 10.1 Å². The molecule has 1 aromatic heterocycles. The summed E-state index contributed by atoms with van der Waals surface area (Å²) >= 11 is 0. The summed E-state index contributed by atoms with van der Waals surface area (Å²) in [6.07, 6.45) is 4.85. The summed E-state index contributed by atoms with van der Waals surface area (Å²) in [6, 6.07) is 3.07. The van der Waals surface area contributed by atoms with Crippen LogP contribution in [0.3, 0.4) is 0 Å². The van der Waals surface area contributed by atoms with Crippen LogP contribution in [0.15, 0.2) is 36.9 Å². The molecular formula is C15H17ClF2N2O5S. The van der Waals surface area contributed by atoms with Gasteiger partial charge in [0.2, 0.25) is 5.79 Å². The van der Waals surface area contributed by atoms with Crippen LogP contribution in [-0.4, -0.2) is 43.5 Å². The van der Waals surface area contributed by atoms with Crippen molar-refractivity contribution in [2.75, 3.05) is 19.5 Å². The van der Waals surface area contributed by atoms with Crippen LogP contribution < -0.4 is 0 Å². The van der Waals surface area contributed by atoms with Gasteiger partial charge in [-0.3, -0.25) is 4.18 Å². The number of imidazole rings is 1. The minimum Gasteiger partial charge on any atom is -0.342 e. The molecule has 0 saturated carbocycles. The van der Waals surface area contributed by atoms with Crippen LogP contribution in [0.4, 0.5) is 8.78 Å². The Bertz CT molecular complexity index is 850. The van der Waals surface area contributed by atoms with Crippen molar-refractivity contribution < 1.29 is 30.9 Å². The van der Waals surface area contributed by atoms with Gasteiger partial charge in [0.15, 0.2) is 0 Å². The molecule has 0 aliphatic carbocycles. The molecule has 1 fully saturated rings. The Morgan fingerprint density at radius 3 is 2.81 bits per heavy atom. The molecule has 2 aromatic rings. The maximum atomic E-state index is 14.3. The van der Waals surface area contributed by atoms with Crippen LogP contribution >= 0.6 is 12.4 Å². The van der Waals surface area contributed by atoms with E-state index in [9.17, 15) is 17.2 Å². The van der Waals surface area contributed by atoms with Gasteiger partial charge >= 0.3 is 0 Å². The van der Waals surface area contributed by atoms with Gasteiger partial charge in [0.05, 0.1) is 32.3 Å². The van der Waals surface area contributed by atoms with Crippen LogP contribution in [0.25, 0.3) is 0 Å². The topological polar surface area (TPSA) is 79.7 Å². The van der Waals surface area contributed by atoms with Crippen molar-refractivity contribution in [3.8, 4) is 0 Å². The number of halogens is 3. The number of hydrogen-bond acceptors (Lipinski definition) is 6. The second kappa shape index (κ2) is 7.97. The molecule has 0 amide bonds. The van der Waals surface area contributed by atoms with Crippen molar-refractivity contribution in [1.29, 1.82) is 0 Å². The number of aromatic nitrogens is 2. The first-order chi connectivity index (χ1) is 11.8. The lowest BCUT2D eigenvalue weighted by Crippen LogP contribution is -2.35. The lowest BCUT2D eigenvalue weighted by Gasteiger charge is -2.29. The first-order valence-corrected chi connectivity index (χ1v) is 9.16. The van der Waals surface area contributed by atoms with Gasteiger partial charge < -0.3 is 14.0 Å². The zero-order valence-corrected chi connectivity index (χ0v) is 15.3. The molecule has 11 heteroatoms. The van der Waals surface area contributed by atoms with Crippen molar-refractivity contribution in [2.45, 2.75) is 18.4 Å². The third-order valence-corrected chi connectivity index (χ3v) is 4.18. The number of benzene rings is 1. The minimum atomic E-state index is -3.65. The summed E-state index contributed by atoms with van der Waals surface area (Å²) in [6.45, 7) is -0.237. The molecule has 7 nitrogen and oxygen atoms in total. The van der Waals surface area contributed by atoms with E-state index in [0.29, 0.717) is 0 Å². The SMILES string of the molecule is CS(=O)(=O)OC[C@@H]1CO[C@@](Cn2ccnc2)(c2ccc(F)cc2F)O1.Cl. The summed E-state index contributed by atoms with van der Waals surface area (Å²) in [5.41, 5.74) is 0.00413. The fourth-order valence-corrected chi connectivity index (χ4v) is 2.97. The maximum absolute atomic E-state index is 14.3. The minimum absolute atomic E-state index is 0. The largest absolute Gasteiger partial charge is 0.342 e. The van der Waals surface area contributed by atoms with Crippen molar-refractivity contribution in [3.05, 3.63) is 54.1 Å². The van der Waals surface area contributed by atoms with E-state index in [2.05, 4.69) is 4.98 Å². The van der Waals surface area contributed by atoms with E-state index in [0.717, 1.165) is 18.4 Å². The quantitative estimate of drug-likeness (QED) is 0.676. The highest BCUT2D eigenvalue weighted by molar-refractivity contribution is 7.85. The predicted octanol–water partition coefficient (Wildman–Crippen LogP) is 1.83. The van der Waals surface area contributed by atoms with Crippen molar-refractivity contribution in [3.63, 3.8) is 0 Å². The van der Waals surface area contributed by atoms with Crippen molar-refractivity contribution in [2.24, 2.45) is 0 Å². The molecule has 0 radical (unpaired) electrons. The van der Waals surface area contributed by atoms with Gasteiger partial charge in [0, 0.05) is 24.0 Å². The smallest absolute Gasteiger partial charge is 0.264 e. The summed E-state index contributed by atoms with van der Waals surface area (Å²) in [7, 11) is -3.65. The van der Waals surface area contributed by atoms with Crippen LogP contribution in [-0.2, 0) is 36.1 Å². The molecule has 0 spiro atoms. The Hall–Kier alpha value is -1.59. The van der Waals surface area contributed by atoms with E-state index in [1.54, 1.807) is 10.8 Å². The molecule has 0 unspecified atom stereocenters. The standard InChI is InChI=1S/C15H16F2N2O5S.ClH/c1-25(20,21)23-8-12-7-22-15(24-12,9-19-5-4-18-10-19)13-3-2-11(16)6-14(13)17;/h2-6,10,12H,7-9H2,1H3;1H/t12-,15+;/m0./s1. The lowest BCUT2D eigenvalue weighted by atomic mass is 10.0. The lowest BCUT2D eigenvalue weighted by molar-refractivity contribution is -0.191. The molecule has 1 saturated heterocycles.